The summed E-state index contributed by atoms with van der Waals surface area (Å²) in [5.41, 5.74) is 5.41. The topological polar surface area (TPSA) is 54.9 Å². The Balaban J connectivity index is 1.57. The fourth-order valence-corrected chi connectivity index (χ4v) is 3.26. The highest BCUT2D eigenvalue weighted by Gasteiger charge is 2.09. The van der Waals surface area contributed by atoms with Crippen molar-refractivity contribution < 1.29 is 4.79 Å². The van der Waals surface area contributed by atoms with Crippen molar-refractivity contribution in [3.8, 4) is 23.6 Å². The Bertz CT molecular complexity index is 847. The van der Waals surface area contributed by atoms with Gasteiger partial charge in [0.15, 0.2) is 5.01 Å². The lowest BCUT2D eigenvalue weighted by molar-refractivity contribution is 0.0950. The number of benzene rings is 1. The van der Waals surface area contributed by atoms with Crippen LogP contribution in [0.4, 0.5) is 0 Å². The molecule has 0 saturated carbocycles. The van der Waals surface area contributed by atoms with Crippen LogP contribution in [0.5, 0.6) is 0 Å². The van der Waals surface area contributed by atoms with E-state index in [0.717, 1.165) is 23.2 Å². The van der Waals surface area contributed by atoms with Crippen molar-refractivity contribution in [1.29, 1.82) is 0 Å². The van der Waals surface area contributed by atoms with Gasteiger partial charge in [-0.15, -0.1) is 29.1 Å². The maximum absolute atomic E-state index is 12.0. The van der Waals surface area contributed by atoms with E-state index in [9.17, 15) is 4.79 Å². The molecule has 2 heterocycles. The number of hydrogen-bond acceptors (Lipinski definition) is 5. The zero-order chi connectivity index (χ0) is 16.1. The number of carbonyl (C=O) groups is 1. The Hall–Kier alpha value is -2.49. The molecule has 1 aromatic carbocycles. The normalized spacial score (nSPS) is 10.2. The second kappa shape index (κ2) is 7.18. The van der Waals surface area contributed by atoms with Gasteiger partial charge in [0.25, 0.3) is 5.91 Å². The first-order valence-electron chi connectivity index (χ1n) is 6.94. The summed E-state index contributed by atoms with van der Waals surface area (Å²) in [5, 5.41) is 7.08. The standard InChI is InChI=1S/C17H13N3OS2/c1-2-16-20-15(10-23-16)17(21)18-7-6-12-4-3-5-13(8-12)14-9-22-11-19-14/h1,3-5,8-11H,6-7H2,(H,18,21). The maximum Gasteiger partial charge on any atom is 0.270 e. The molecule has 3 rings (SSSR count). The summed E-state index contributed by atoms with van der Waals surface area (Å²) < 4.78 is 0. The summed E-state index contributed by atoms with van der Waals surface area (Å²) in [4.78, 5) is 20.4. The first-order valence-corrected chi connectivity index (χ1v) is 8.76. The molecular formula is C17H13N3OS2. The zero-order valence-corrected chi connectivity index (χ0v) is 13.8. The summed E-state index contributed by atoms with van der Waals surface area (Å²) in [6.07, 6.45) is 6.00. The molecule has 0 bridgehead atoms. The minimum atomic E-state index is -0.196. The largest absolute Gasteiger partial charge is 0.350 e. The third-order valence-electron chi connectivity index (χ3n) is 3.21. The van der Waals surface area contributed by atoms with Crippen molar-refractivity contribution in [2.24, 2.45) is 0 Å². The van der Waals surface area contributed by atoms with Crippen LogP contribution in [-0.4, -0.2) is 22.4 Å². The summed E-state index contributed by atoms with van der Waals surface area (Å²) in [6, 6.07) is 8.18. The lowest BCUT2D eigenvalue weighted by Gasteiger charge is -2.05. The highest BCUT2D eigenvalue weighted by molar-refractivity contribution is 7.10. The van der Waals surface area contributed by atoms with Crippen LogP contribution in [0, 0.1) is 12.3 Å². The summed E-state index contributed by atoms with van der Waals surface area (Å²) in [7, 11) is 0. The average molecular weight is 339 g/mol. The SMILES string of the molecule is C#Cc1nc(C(=O)NCCc2cccc(-c3cscn3)c2)cs1. The number of nitrogens with one attached hydrogen (secondary N) is 1. The minimum absolute atomic E-state index is 0.196. The number of carbonyl (C=O) groups excluding carboxylic acids is 1. The highest BCUT2D eigenvalue weighted by atomic mass is 32.1. The van der Waals surface area contributed by atoms with E-state index >= 15 is 0 Å². The van der Waals surface area contributed by atoms with Crippen LogP contribution in [-0.2, 0) is 6.42 Å². The van der Waals surface area contributed by atoms with Crippen LogP contribution in [0.3, 0.4) is 0 Å². The second-order valence-corrected chi connectivity index (χ2v) is 6.34. The average Bonchev–Trinajstić information content (AvgIpc) is 3.26. The number of nitrogens with zero attached hydrogens (tertiary/aromatic N) is 2. The van der Waals surface area contributed by atoms with Crippen molar-refractivity contribution in [2.75, 3.05) is 6.54 Å². The number of terminal acetylenes is 1. The predicted molar refractivity (Wildman–Crippen MR) is 93.6 cm³/mol. The number of thiazole rings is 2. The number of amides is 1. The third-order valence-corrected chi connectivity index (χ3v) is 4.57. The Labute approximate surface area is 142 Å². The van der Waals surface area contributed by atoms with Gasteiger partial charge in [-0.3, -0.25) is 4.79 Å². The van der Waals surface area contributed by atoms with Gasteiger partial charge in [0.2, 0.25) is 0 Å². The van der Waals surface area contributed by atoms with Crippen molar-refractivity contribution in [3.63, 3.8) is 0 Å². The Morgan fingerprint density at radius 3 is 3.00 bits per heavy atom. The van der Waals surface area contributed by atoms with Gasteiger partial charge in [0.1, 0.15) is 5.69 Å². The summed E-state index contributed by atoms with van der Waals surface area (Å²) >= 11 is 2.87. The van der Waals surface area contributed by atoms with Crippen LogP contribution in [0.2, 0.25) is 0 Å². The van der Waals surface area contributed by atoms with Gasteiger partial charge in [-0.2, -0.15) is 0 Å². The molecule has 4 nitrogen and oxygen atoms in total. The Morgan fingerprint density at radius 1 is 1.35 bits per heavy atom. The molecule has 6 heteroatoms. The van der Waals surface area contributed by atoms with E-state index in [0.29, 0.717) is 17.2 Å². The van der Waals surface area contributed by atoms with E-state index in [1.807, 2.05) is 29.1 Å². The fourth-order valence-electron chi connectivity index (χ4n) is 2.10. The zero-order valence-electron chi connectivity index (χ0n) is 12.2. The predicted octanol–water partition coefficient (Wildman–Crippen LogP) is 3.22. The monoisotopic (exact) mass is 339 g/mol. The van der Waals surface area contributed by atoms with Crippen LogP contribution >= 0.6 is 22.7 Å². The molecule has 0 fully saturated rings. The van der Waals surface area contributed by atoms with Crippen molar-refractivity contribution >= 4 is 28.6 Å². The lowest BCUT2D eigenvalue weighted by Crippen LogP contribution is -2.26. The molecular weight excluding hydrogens is 326 g/mol. The minimum Gasteiger partial charge on any atom is -0.350 e. The van der Waals surface area contributed by atoms with Gasteiger partial charge in [-0.1, -0.05) is 18.2 Å². The van der Waals surface area contributed by atoms with Crippen molar-refractivity contribution in [2.45, 2.75) is 6.42 Å². The van der Waals surface area contributed by atoms with Crippen LogP contribution in [0.1, 0.15) is 21.1 Å². The first-order chi connectivity index (χ1) is 11.3. The fraction of sp³-hybridized carbons (Fsp3) is 0.118. The van der Waals surface area contributed by atoms with Gasteiger partial charge in [-0.05, 0) is 24.0 Å². The van der Waals surface area contributed by atoms with Gasteiger partial charge in [0.05, 0.1) is 11.2 Å². The van der Waals surface area contributed by atoms with Gasteiger partial charge in [-0.25, -0.2) is 9.97 Å². The molecule has 0 aliphatic heterocycles. The van der Waals surface area contributed by atoms with Crippen LogP contribution in [0.25, 0.3) is 11.3 Å². The smallest absolute Gasteiger partial charge is 0.270 e. The molecule has 1 N–H and O–H groups in total. The summed E-state index contributed by atoms with van der Waals surface area (Å²) in [5.74, 6) is 2.23. The molecule has 114 valence electrons. The van der Waals surface area contributed by atoms with Gasteiger partial charge in [0, 0.05) is 22.9 Å². The van der Waals surface area contributed by atoms with Crippen LogP contribution < -0.4 is 5.32 Å². The van der Waals surface area contributed by atoms with E-state index in [4.69, 9.17) is 6.42 Å². The van der Waals surface area contributed by atoms with E-state index < -0.39 is 0 Å². The van der Waals surface area contributed by atoms with Gasteiger partial charge >= 0.3 is 0 Å². The summed E-state index contributed by atoms with van der Waals surface area (Å²) in [6.45, 7) is 0.544. The molecule has 2 aromatic heterocycles. The lowest BCUT2D eigenvalue weighted by atomic mass is 10.1. The second-order valence-electron chi connectivity index (χ2n) is 4.76. The van der Waals surface area contributed by atoms with E-state index in [2.05, 4.69) is 27.3 Å². The van der Waals surface area contributed by atoms with Gasteiger partial charge < -0.3 is 5.32 Å². The first kappa shape index (κ1) is 15.4. The third kappa shape index (κ3) is 3.83. The number of rotatable bonds is 5. The molecule has 0 saturated heterocycles. The molecule has 1 amide bonds. The molecule has 0 unspecified atom stereocenters. The molecule has 0 spiro atoms. The molecule has 0 aliphatic rings. The number of hydrogen-bond donors (Lipinski definition) is 1. The highest BCUT2D eigenvalue weighted by Crippen LogP contribution is 2.20. The quantitative estimate of drug-likeness (QED) is 0.726. The van der Waals surface area contributed by atoms with E-state index in [1.165, 1.54) is 11.3 Å². The van der Waals surface area contributed by atoms with E-state index in [-0.39, 0.29) is 5.91 Å². The Morgan fingerprint density at radius 2 is 2.26 bits per heavy atom. The molecule has 23 heavy (non-hydrogen) atoms. The number of aromatic nitrogens is 2. The molecule has 0 atom stereocenters. The maximum atomic E-state index is 12.0. The molecule has 0 radical (unpaired) electrons. The molecule has 3 aromatic rings. The molecule has 0 aliphatic carbocycles. The van der Waals surface area contributed by atoms with Crippen molar-refractivity contribution in [1.82, 2.24) is 15.3 Å². The van der Waals surface area contributed by atoms with Crippen LogP contribution in [0.15, 0.2) is 40.5 Å². The van der Waals surface area contributed by atoms with Crippen molar-refractivity contribution in [3.05, 3.63) is 56.8 Å². The van der Waals surface area contributed by atoms with E-state index in [1.54, 1.807) is 16.7 Å². The Kier molecular flexibility index (Phi) is 4.81.